The van der Waals surface area contributed by atoms with Crippen LogP contribution in [0.25, 0.3) is 0 Å². The summed E-state index contributed by atoms with van der Waals surface area (Å²) in [6, 6.07) is 20.5. The second kappa shape index (κ2) is 10.7. The number of esters is 1. The van der Waals surface area contributed by atoms with E-state index in [4.69, 9.17) is 16.3 Å². The van der Waals surface area contributed by atoms with E-state index in [1.807, 2.05) is 0 Å². The van der Waals surface area contributed by atoms with Crippen molar-refractivity contribution in [1.29, 1.82) is 0 Å². The molecule has 164 valence electrons. The Morgan fingerprint density at radius 2 is 1.59 bits per heavy atom. The summed E-state index contributed by atoms with van der Waals surface area (Å²) in [6.45, 7) is -0.498. The van der Waals surface area contributed by atoms with Gasteiger partial charge in [-0.3, -0.25) is 4.79 Å². The summed E-state index contributed by atoms with van der Waals surface area (Å²) >= 11 is 5.82. The Bertz CT molecular complexity index is 1230. The Hall–Kier alpha value is -3.53. The fourth-order valence-electron chi connectivity index (χ4n) is 2.48. The highest BCUT2D eigenvalue weighted by atomic mass is 35.5. The maximum absolute atomic E-state index is 12.3. The highest BCUT2D eigenvalue weighted by molar-refractivity contribution is 7.89. The lowest BCUT2D eigenvalue weighted by Crippen LogP contribution is -2.34. The van der Waals surface area contributed by atoms with Crippen molar-refractivity contribution in [2.75, 3.05) is 6.54 Å². The van der Waals surface area contributed by atoms with Gasteiger partial charge in [-0.05, 0) is 48.5 Å². The lowest BCUT2D eigenvalue weighted by Gasteiger charge is -2.07. The summed E-state index contributed by atoms with van der Waals surface area (Å²) in [4.78, 5) is 24.3. The van der Waals surface area contributed by atoms with Crippen LogP contribution < -0.4 is 14.9 Å². The molecule has 0 heterocycles. The van der Waals surface area contributed by atoms with E-state index in [0.717, 1.165) is 0 Å². The van der Waals surface area contributed by atoms with Crippen molar-refractivity contribution >= 4 is 39.7 Å². The molecule has 0 atom stereocenters. The Morgan fingerprint density at radius 3 is 2.31 bits per heavy atom. The fourth-order valence-corrected chi connectivity index (χ4v) is 3.61. The zero-order valence-electron chi connectivity index (χ0n) is 16.6. The van der Waals surface area contributed by atoms with Crippen molar-refractivity contribution in [1.82, 2.24) is 10.1 Å². The molecule has 2 N–H and O–H groups in total. The van der Waals surface area contributed by atoms with Gasteiger partial charge in [-0.1, -0.05) is 41.9 Å². The van der Waals surface area contributed by atoms with Crippen molar-refractivity contribution in [3.8, 4) is 5.75 Å². The predicted octanol–water partition coefficient (Wildman–Crippen LogP) is 2.99. The van der Waals surface area contributed by atoms with Gasteiger partial charge in [-0.25, -0.2) is 23.4 Å². The number of hydrogen-bond acceptors (Lipinski definition) is 6. The topological polar surface area (TPSA) is 114 Å². The van der Waals surface area contributed by atoms with E-state index in [0.29, 0.717) is 16.1 Å². The highest BCUT2D eigenvalue weighted by Crippen LogP contribution is 2.18. The first-order valence-corrected chi connectivity index (χ1v) is 11.1. The summed E-state index contributed by atoms with van der Waals surface area (Å²) in [6.07, 6.45) is 1.29. The van der Waals surface area contributed by atoms with Gasteiger partial charge in [0.15, 0.2) is 0 Å². The predicted molar refractivity (Wildman–Crippen MR) is 120 cm³/mol. The molecule has 3 aromatic rings. The van der Waals surface area contributed by atoms with Crippen LogP contribution in [0.1, 0.15) is 15.9 Å². The van der Waals surface area contributed by atoms with E-state index < -0.39 is 28.4 Å². The van der Waals surface area contributed by atoms with Gasteiger partial charge in [0.05, 0.1) is 23.2 Å². The van der Waals surface area contributed by atoms with Crippen LogP contribution >= 0.6 is 11.6 Å². The van der Waals surface area contributed by atoms with Crippen molar-refractivity contribution in [2.45, 2.75) is 4.90 Å². The van der Waals surface area contributed by atoms with Gasteiger partial charge in [-0.2, -0.15) is 5.10 Å². The number of hydrogen-bond donors (Lipinski definition) is 2. The number of ether oxygens (including phenoxy) is 1. The normalized spacial score (nSPS) is 11.3. The molecule has 0 aliphatic heterocycles. The van der Waals surface area contributed by atoms with E-state index in [9.17, 15) is 18.0 Å². The fraction of sp³-hybridized carbons (Fsp3) is 0.0455. The molecule has 0 saturated heterocycles. The van der Waals surface area contributed by atoms with Gasteiger partial charge < -0.3 is 4.74 Å². The van der Waals surface area contributed by atoms with E-state index in [1.54, 1.807) is 54.6 Å². The molecule has 0 unspecified atom stereocenters. The molecule has 32 heavy (non-hydrogen) atoms. The van der Waals surface area contributed by atoms with Crippen molar-refractivity contribution in [2.24, 2.45) is 5.10 Å². The average Bonchev–Trinajstić information content (AvgIpc) is 2.80. The lowest BCUT2D eigenvalue weighted by atomic mass is 10.2. The van der Waals surface area contributed by atoms with Crippen LogP contribution in [0.3, 0.4) is 0 Å². The molecule has 3 rings (SSSR count). The molecule has 3 aromatic carbocycles. The minimum absolute atomic E-state index is 0.0488. The maximum Gasteiger partial charge on any atom is 0.343 e. The van der Waals surface area contributed by atoms with Crippen LogP contribution in [0.4, 0.5) is 0 Å². The second-order valence-corrected chi connectivity index (χ2v) is 8.57. The summed E-state index contributed by atoms with van der Waals surface area (Å²) in [5, 5.41) is 4.30. The number of nitrogens with one attached hydrogen (secondary N) is 2. The number of carbonyl (C=O) groups is 2. The number of carbonyl (C=O) groups excluding carboxylic acids is 2. The second-order valence-electron chi connectivity index (χ2n) is 6.37. The van der Waals surface area contributed by atoms with Crippen LogP contribution in [0.5, 0.6) is 5.75 Å². The van der Waals surface area contributed by atoms with E-state index in [-0.39, 0.29) is 10.6 Å². The van der Waals surface area contributed by atoms with Crippen LogP contribution in [0, 0.1) is 0 Å². The third-order valence-electron chi connectivity index (χ3n) is 4.07. The van der Waals surface area contributed by atoms with Crippen LogP contribution in [0.2, 0.25) is 5.02 Å². The largest absolute Gasteiger partial charge is 0.422 e. The summed E-state index contributed by atoms with van der Waals surface area (Å²) in [5.74, 6) is -1.02. The first kappa shape index (κ1) is 23.1. The van der Waals surface area contributed by atoms with Crippen LogP contribution in [-0.4, -0.2) is 33.1 Å². The van der Waals surface area contributed by atoms with E-state index in [2.05, 4.69) is 15.2 Å². The van der Waals surface area contributed by atoms with Gasteiger partial charge in [-0.15, -0.1) is 0 Å². The molecule has 0 fully saturated rings. The van der Waals surface area contributed by atoms with Crippen LogP contribution in [-0.2, 0) is 14.8 Å². The number of halogens is 1. The minimum Gasteiger partial charge on any atom is -0.422 e. The molecule has 0 aromatic heterocycles. The quantitative estimate of drug-likeness (QED) is 0.227. The molecule has 10 heteroatoms. The summed E-state index contributed by atoms with van der Waals surface area (Å²) < 4.78 is 31.8. The lowest BCUT2D eigenvalue weighted by molar-refractivity contribution is -0.119. The molecule has 0 aliphatic rings. The number of amides is 1. The van der Waals surface area contributed by atoms with Crippen LogP contribution in [0.15, 0.2) is 88.9 Å². The Morgan fingerprint density at radius 1 is 0.938 bits per heavy atom. The Labute approximate surface area is 189 Å². The van der Waals surface area contributed by atoms with Crippen molar-refractivity contribution < 1.29 is 22.7 Å². The van der Waals surface area contributed by atoms with E-state index in [1.165, 1.54) is 30.5 Å². The van der Waals surface area contributed by atoms with Gasteiger partial charge in [0, 0.05) is 10.6 Å². The van der Waals surface area contributed by atoms with Gasteiger partial charge in [0.25, 0.3) is 5.91 Å². The zero-order valence-corrected chi connectivity index (χ0v) is 18.1. The van der Waals surface area contributed by atoms with Gasteiger partial charge >= 0.3 is 5.97 Å². The van der Waals surface area contributed by atoms with Gasteiger partial charge in [0.1, 0.15) is 5.75 Å². The molecule has 0 bridgehead atoms. The minimum atomic E-state index is -3.81. The first-order chi connectivity index (χ1) is 15.3. The van der Waals surface area contributed by atoms with Gasteiger partial charge in [0.2, 0.25) is 10.0 Å². The monoisotopic (exact) mass is 471 g/mol. The number of hydrazone groups is 1. The highest BCUT2D eigenvalue weighted by Gasteiger charge is 2.15. The standard InChI is InChI=1S/C22H18ClN3O5S/c23-18-12-10-16(11-13-18)22(28)31-20-9-5-4-6-17(20)14-24-26-21(27)15-25-32(29,30)19-7-2-1-3-8-19/h1-14,25H,15H2,(H,26,27)/b24-14-. The number of benzene rings is 3. The Kier molecular flexibility index (Phi) is 7.72. The number of nitrogens with zero attached hydrogens (tertiary/aromatic N) is 1. The smallest absolute Gasteiger partial charge is 0.343 e. The molecule has 0 radical (unpaired) electrons. The summed E-state index contributed by atoms with van der Waals surface area (Å²) in [7, 11) is -3.81. The number of para-hydroxylation sites is 1. The van der Waals surface area contributed by atoms with Crippen molar-refractivity contribution in [3.05, 3.63) is 95.0 Å². The summed E-state index contributed by atoms with van der Waals surface area (Å²) in [5.41, 5.74) is 2.97. The maximum atomic E-state index is 12.3. The third kappa shape index (κ3) is 6.48. The molecule has 0 spiro atoms. The number of sulfonamides is 1. The molecular formula is C22H18ClN3O5S. The molecule has 8 nitrogen and oxygen atoms in total. The number of rotatable bonds is 8. The van der Waals surface area contributed by atoms with E-state index >= 15 is 0 Å². The SMILES string of the molecule is O=C(CNS(=O)(=O)c1ccccc1)N/N=C\c1ccccc1OC(=O)c1ccc(Cl)cc1. The van der Waals surface area contributed by atoms with Crippen molar-refractivity contribution in [3.63, 3.8) is 0 Å². The first-order valence-electron chi connectivity index (χ1n) is 9.28. The third-order valence-corrected chi connectivity index (χ3v) is 5.74. The molecule has 0 aliphatic carbocycles. The molecular weight excluding hydrogens is 454 g/mol. The average molecular weight is 472 g/mol. The molecule has 1 amide bonds. The molecule has 0 saturated carbocycles. The Balaban J connectivity index is 1.58. The zero-order chi connectivity index (χ0) is 23.0.